The molecule has 1 saturated carbocycles. The van der Waals surface area contributed by atoms with Gasteiger partial charge in [-0.25, -0.2) is 0 Å². The molecular weight excluding hydrogens is 238 g/mol. The second kappa shape index (κ2) is 5.21. The van der Waals surface area contributed by atoms with Gasteiger partial charge in [0.05, 0.1) is 19.2 Å². The summed E-state index contributed by atoms with van der Waals surface area (Å²) in [6.07, 6.45) is 3.49. The van der Waals surface area contributed by atoms with E-state index in [1.807, 2.05) is 18.2 Å². The number of amidine groups is 1. The number of nitrogens with two attached hydrogens (primary N) is 1. The summed E-state index contributed by atoms with van der Waals surface area (Å²) in [7, 11) is 1.69. The molecule has 1 aliphatic carbocycles. The number of hydrogen-bond donors (Lipinski definition) is 2. The highest BCUT2D eigenvalue weighted by molar-refractivity contribution is 6.00. The van der Waals surface area contributed by atoms with Crippen LogP contribution in [0.3, 0.4) is 0 Å². The first-order valence-corrected chi connectivity index (χ1v) is 6.99. The first-order chi connectivity index (χ1) is 9.30. The summed E-state index contributed by atoms with van der Waals surface area (Å²) in [5.41, 5.74) is 6.90. The summed E-state index contributed by atoms with van der Waals surface area (Å²) in [6, 6.07) is 8.95. The molecule has 1 aromatic carbocycles. The molecule has 1 aromatic rings. The van der Waals surface area contributed by atoms with E-state index in [-0.39, 0.29) is 0 Å². The lowest BCUT2D eigenvalue weighted by Gasteiger charge is -2.29. The Morgan fingerprint density at radius 1 is 1.42 bits per heavy atom. The molecule has 19 heavy (non-hydrogen) atoms. The summed E-state index contributed by atoms with van der Waals surface area (Å²) < 4.78 is 5.27. The predicted octanol–water partition coefficient (Wildman–Crippen LogP) is 1.54. The fourth-order valence-corrected chi connectivity index (χ4v) is 3.07. The molecule has 3 rings (SSSR count). The van der Waals surface area contributed by atoms with Gasteiger partial charge in [-0.2, -0.15) is 0 Å². The summed E-state index contributed by atoms with van der Waals surface area (Å²) in [6.45, 7) is 0.791. The minimum atomic E-state index is 0.420. The number of nitrogens with zero attached hydrogens (tertiary/aromatic N) is 1. The van der Waals surface area contributed by atoms with E-state index < -0.39 is 0 Å². The van der Waals surface area contributed by atoms with Crippen LogP contribution in [0.1, 0.15) is 24.8 Å². The number of ether oxygens (including phenoxy) is 1. The lowest BCUT2D eigenvalue weighted by Crippen LogP contribution is -2.41. The second-order valence-electron chi connectivity index (χ2n) is 5.44. The van der Waals surface area contributed by atoms with Crippen LogP contribution < -0.4 is 15.8 Å². The van der Waals surface area contributed by atoms with Crippen molar-refractivity contribution in [2.45, 2.75) is 31.3 Å². The van der Waals surface area contributed by atoms with Gasteiger partial charge in [0.25, 0.3) is 0 Å². The van der Waals surface area contributed by atoms with Gasteiger partial charge >= 0.3 is 0 Å². The van der Waals surface area contributed by atoms with Crippen LogP contribution in [0, 0.1) is 5.92 Å². The van der Waals surface area contributed by atoms with Gasteiger partial charge in [0.15, 0.2) is 0 Å². The van der Waals surface area contributed by atoms with Crippen LogP contribution in [-0.4, -0.2) is 31.6 Å². The van der Waals surface area contributed by atoms with Crippen LogP contribution in [0.25, 0.3) is 0 Å². The molecule has 0 aromatic heterocycles. The first kappa shape index (κ1) is 12.5. The van der Waals surface area contributed by atoms with E-state index in [0.717, 1.165) is 36.5 Å². The average Bonchev–Trinajstić information content (AvgIpc) is 2.90. The molecule has 1 fully saturated rings. The molecule has 1 heterocycles. The van der Waals surface area contributed by atoms with E-state index in [2.05, 4.69) is 11.4 Å². The van der Waals surface area contributed by atoms with Crippen molar-refractivity contribution < 1.29 is 4.74 Å². The second-order valence-corrected chi connectivity index (χ2v) is 5.44. The molecule has 0 saturated heterocycles. The van der Waals surface area contributed by atoms with Crippen molar-refractivity contribution in [1.29, 1.82) is 0 Å². The third-order valence-electron chi connectivity index (χ3n) is 4.22. The Labute approximate surface area is 114 Å². The molecule has 3 unspecified atom stereocenters. The van der Waals surface area contributed by atoms with Gasteiger partial charge in [-0.15, -0.1) is 0 Å². The maximum absolute atomic E-state index is 5.79. The summed E-state index contributed by atoms with van der Waals surface area (Å²) in [5.74, 6) is 2.52. The van der Waals surface area contributed by atoms with Crippen LogP contribution in [-0.2, 0) is 0 Å². The summed E-state index contributed by atoms with van der Waals surface area (Å²) in [4.78, 5) is 4.83. The number of hydrogen-bond acceptors (Lipinski definition) is 4. The maximum atomic E-state index is 5.79. The third kappa shape index (κ3) is 2.45. The maximum Gasteiger partial charge on any atom is 0.129 e. The Balaban J connectivity index is 1.77. The van der Waals surface area contributed by atoms with Crippen LogP contribution in [0.2, 0.25) is 0 Å². The van der Waals surface area contributed by atoms with Gasteiger partial charge in [0, 0.05) is 5.56 Å². The molecule has 3 atom stereocenters. The number of fused-ring (bicyclic) bond motifs is 1. The van der Waals surface area contributed by atoms with Gasteiger partial charge in [-0.1, -0.05) is 12.1 Å². The molecule has 102 valence electrons. The van der Waals surface area contributed by atoms with Gasteiger partial charge in [0.2, 0.25) is 0 Å². The SMILES string of the molecule is COc1cccc(C2=NC3CCC(CN)CC3N2)c1. The molecule has 0 amide bonds. The number of rotatable bonds is 3. The van der Waals surface area contributed by atoms with E-state index in [1.165, 1.54) is 6.42 Å². The van der Waals surface area contributed by atoms with Crippen LogP contribution in [0.15, 0.2) is 29.3 Å². The Bertz CT molecular complexity index is 486. The molecule has 1 aliphatic heterocycles. The van der Waals surface area contributed by atoms with Gasteiger partial charge in [-0.05, 0) is 43.9 Å². The molecule has 0 bridgehead atoms. The zero-order chi connectivity index (χ0) is 13.2. The van der Waals surface area contributed by atoms with Crippen LogP contribution in [0.5, 0.6) is 5.75 Å². The lowest BCUT2D eigenvalue weighted by atomic mass is 9.83. The van der Waals surface area contributed by atoms with Gasteiger partial charge in [0.1, 0.15) is 11.6 Å². The summed E-state index contributed by atoms with van der Waals surface area (Å²) >= 11 is 0. The fraction of sp³-hybridized carbons (Fsp3) is 0.533. The first-order valence-electron chi connectivity index (χ1n) is 6.99. The minimum Gasteiger partial charge on any atom is -0.497 e. The molecule has 2 aliphatic rings. The molecule has 3 N–H and O–H groups in total. The smallest absolute Gasteiger partial charge is 0.129 e. The zero-order valence-electron chi connectivity index (χ0n) is 11.3. The molecule has 4 heteroatoms. The van der Waals surface area contributed by atoms with Crippen molar-refractivity contribution in [3.63, 3.8) is 0 Å². The fourth-order valence-electron chi connectivity index (χ4n) is 3.07. The van der Waals surface area contributed by atoms with Gasteiger partial charge < -0.3 is 15.8 Å². The largest absolute Gasteiger partial charge is 0.497 e. The quantitative estimate of drug-likeness (QED) is 0.865. The highest BCUT2D eigenvalue weighted by Gasteiger charge is 2.34. The van der Waals surface area contributed by atoms with Crippen molar-refractivity contribution in [2.75, 3.05) is 13.7 Å². The van der Waals surface area contributed by atoms with Crippen LogP contribution >= 0.6 is 0 Å². The molecular formula is C15H21N3O. The predicted molar refractivity (Wildman–Crippen MR) is 76.6 cm³/mol. The molecule has 0 radical (unpaired) electrons. The Hall–Kier alpha value is -1.55. The summed E-state index contributed by atoms with van der Waals surface area (Å²) in [5, 5.41) is 3.56. The Morgan fingerprint density at radius 3 is 3.11 bits per heavy atom. The van der Waals surface area contributed by atoms with Crippen molar-refractivity contribution in [3.8, 4) is 5.75 Å². The Kier molecular flexibility index (Phi) is 3.42. The minimum absolute atomic E-state index is 0.420. The number of nitrogens with one attached hydrogen (secondary N) is 1. The normalized spacial score (nSPS) is 29.4. The van der Waals surface area contributed by atoms with Crippen LogP contribution in [0.4, 0.5) is 0 Å². The van der Waals surface area contributed by atoms with E-state index >= 15 is 0 Å². The van der Waals surface area contributed by atoms with E-state index in [1.54, 1.807) is 7.11 Å². The number of benzene rings is 1. The highest BCUT2D eigenvalue weighted by Crippen LogP contribution is 2.30. The van der Waals surface area contributed by atoms with E-state index in [0.29, 0.717) is 18.0 Å². The molecule has 0 spiro atoms. The monoisotopic (exact) mass is 259 g/mol. The van der Waals surface area contributed by atoms with Crippen molar-refractivity contribution in [2.24, 2.45) is 16.6 Å². The molecule has 4 nitrogen and oxygen atoms in total. The third-order valence-corrected chi connectivity index (χ3v) is 4.22. The number of methoxy groups -OCH3 is 1. The van der Waals surface area contributed by atoms with Gasteiger partial charge in [-0.3, -0.25) is 4.99 Å². The van der Waals surface area contributed by atoms with E-state index in [4.69, 9.17) is 15.5 Å². The zero-order valence-corrected chi connectivity index (χ0v) is 11.3. The Morgan fingerprint density at radius 2 is 2.32 bits per heavy atom. The van der Waals surface area contributed by atoms with Crippen molar-refractivity contribution in [3.05, 3.63) is 29.8 Å². The van der Waals surface area contributed by atoms with E-state index in [9.17, 15) is 0 Å². The number of aliphatic imine (C=N–C) groups is 1. The standard InChI is InChI=1S/C15H21N3O/c1-19-12-4-2-3-11(8-12)15-17-13-6-5-10(9-16)7-14(13)18-15/h2-4,8,10,13-14H,5-7,9,16H2,1H3,(H,17,18). The van der Waals surface area contributed by atoms with Crippen molar-refractivity contribution >= 4 is 5.84 Å². The topological polar surface area (TPSA) is 59.6 Å². The average molecular weight is 259 g/mol. The highest BCUT2D eigenvalue weighted by atomic mass is 16.5. The lowest BCUT2D eigenvalue weighted by molar-refractivity contribution is 0.294. The van der Waals surface area contributed by atoms with Crippen molar-refractivity contribution in [1.82, 2.24) is 5.32 Å².